The maximum absolute atomic E-state index is 12.4. The summed E-state index contributed by atoms with van der Waals surface area (Å²) in [5.41, 5.74) is 0.632. The standard InChI is InChI=1S/C13H16BrNO3S/c1-2-18-13(17)10-5-3-4-6-15(10)12(16)9-7-11(14)19-8-9/h7-8,10H,2-6H2,1H3. The first kappa shape index (κ1) is 14.5. The van der Waals surface area contributed by atoms with E-state index in [4.69, 9.17) is 4.74 Å². The van der Waals surface area contributed by atoms with Gasteiger partial charge in [-0.3, -0.25) is 4.79 Å². The minimum atomic E-state index is -0.431. The summed E-state index contributed by atoms with van der Waals surface area (Å²) >= 11 is 4.82. The third-order valence-electron chi connectivity index (χ3n) is 3.14. The summed E-state index contributed by atoms with van der Waals surface area (Å²) in [4.78, 5) is 26.0. The molecule has 0 radical (unpaired) electrons. The number of amides is 1. The molecular formula is C13H16BrNO3S. The molecule has 6 heteroatoms. The van der Waals surface area contributed by atoms with Crippen LogP contribution in [0.5, 0.6) is 0 Å². The Morgan fingerprint density at radius 3 is 2.95 bits per heavy atom. The number of esters is 1. The number of rotatable bonds is 3. The highest BCUT2D eigenvalue weighted by Gasteiger charge is 2.33. The predicted molar refractivity (Wildman–Crippen MR) is 77.3 cm³/mol. The smallest absolute Gasteiger partial charge is 0.328 e. The van der Waals surface area contributed by atoms with Gasteiger partial charge in [0.05, 0.1) is 16.0 Å². The molecule has 2 rings (SSSR count). The highest BCUT2D eigenvalue weighted by Crippen LogP contribution is 2.25. The van der Waals surface area contributed by atoms with Gasteiger partial charge in [-0.05, 0) is 48.2 Å². The number of piperidine rings is 1. The lowest BCUT2D eigenvalue weighted by atomic mass is 10.0. The Morgan fingerprint density at radius 2 is 2.32 bits per heavy atom. The van der Waals surface area contributed by atoms with Gasteiger partial charge >= 0.3 is 5.97 Å². The number of hydrogen-bond acceptors (Lipinski definition) is 4. The molecule has 1 aliphatic heterocycles. The molecular weight excluding hydrogens is 330 g/mol. The first-order valence-corrected chi connectivity index (χ1v) is 8.02. The lowest BCUT2D eigenvalue weighted by molar-refractivity contribution is -0.149. The summed E-state index contributed by atoms with van der Waals surface area (Å²) in [6, 6.07) is 1.36. The van der Waals surface area contributed by atoms with Crippen LogP contribution < -0.4 is 0 Å². The second-order valence-electron chi connectivity index (χ2n) is 4.40. The van der Waals surface area contributed by atoms with Gasteiger partial charge in [0.1, 0.15) is 6.04 Å². The molecule has 1 saturated heterocycles. The van der Waals surface area contributed by atoms with Crippen LogP contribution in [0.15, 0.2) is 15.2 Å². The molecule has 1 aromatic heterocycles. The minimum absolute atomic E-state index is 0.0836. The van der Waals surface area contributed by atoms with Crippen molar-refractivity contribution in [3.8, 4) is 0 Å². The average molecular weight is 346 g/mol. The van der Waals surface area contributed by atoms with E-state index in [9.17, 15) is 9.59 Å². The molecule has 0 bridgehead atoms. The Morgan fingerprint density at radius 1 is 1.53 bits per heavy atom. The largest absolute Gasteiger partial charge is 0.464 e. The molecule has 104 valence electrons. The first-order chi connectivity index (χ1) is 9.13. The molecule has 0 saturated carbocycles. The van der Waals surface area contributed by atoms with E-state index in [1.807, 2.05) is 5.38 Å². The molecule has 1 amide bonds. The van der Waals surface area contributed by atoms with E-state index in [0.29, 0.717) is 25.1 Å². The van der Waals surface area contributed by atoms with Crippen molar-refractivity contribution in [2.24, 2.45) is 0 Å². The zero-order chi connectivity index (χ0) is 13.8. The third-order valence-corrected chi connectivity index (χ3v) is 4.64. The van der Waals surface area contributed by atoms with Gasteiger partial charge < -0.3 is 9.64 Å². The van der Waals surface area contributed by atoms with Crippen molar-refractivity contribution in [2.75, 3.05) is 13.2 Å². The van der Waals surface area contributed by atoms with Crippen molar-refractivity contribution in [3.05, 3.63) is 20.8 Å². The lowest BCUT2D eigenvalue weighted by Crippen LogP contribution is -2.48. The second kappa shape index (κ2) is 6.52. The number of halogens is 1. The Bertz CT molecular complexity index is 474. The van der Waals surface area contributed by atoms with Crippen LogP contribution in [-0.2, 0) is 9.53 Å². The summed E-state index contributed by atoms with van der Waals surface area (Å²) in [6.45, 7) is 2.75. The fourth-order valence-electron chi connectivity index (χ4n) is 2.25. The Kier molecular flexibility index (Phi) is 4.99. The number of ether oxygens (including phenoxy) is 1. The van der Waals surface area contributed by atoms with E-state index in [0.717, 1.165) is 16.6 Å². The average Bonchev–Trinajstić information content (AvgIpc) is 2.85. The third kappa shape index (κ3) is 3.36. The summed E-state index contributed by atoms with van der Waals surface area (Å²) in [7, 11) is 0. The molecule has 1 aliphatic rings. The van der Waals surface area contributed by atoms with Crippen molar-refractivity contribution in [3.63, 3.8) is 0 Å². The topological polar surface area (TPSA) is 46.6 Å². The van der Waals surface area contributed by atoms with Crippen LogP contribution in [-0.4, -0.2) is 36.0 Å². The van der Waals surface area contributed by atoms with Crippen LogP contribution in [0, 0.1) is 0 Å². The lowest BCUT2D eigenvalue weighted by Gasteiger charge is -2.33. The van der Waals surface area contributed by atoms with E-state index < -0.39 is 6.04 Å². The van der Waals surface area contributed by atoms with E-state index in [2.05, 4.69) is 15.9 Å². The molecule has 4 nitrogen and oxygen atoms in total. The maximum Gasteiger partial charge on any atom is 0.328 e. The van der Waals surface area contributed by atoms with E-state index in [1.54, 1.807) is 17.9 Å². The predicted octanol–water partition coefficient (Wildman–Crippen LogP) is 3.07. The first-order valence-electron chi connectivity index (χ1n) is 6.35. The minimum Gasteiger partial charge on any atom is -0.464 e. The molecule has 0 spiro atoms. The summed E-state index contributed by atoms with van der Waals surface area (Å²) in [5.74, 6) is -0.371. The van der Waals surface area contributed by atoms with Crippen molar-refractivity contribution >= 4 is 39.1 Å². The van der Waals surface area contributed by atoms with Gasteiger partial charge in [-0.15, -0.1) is 11.3 Å². The summed E-state index contributed by atoms with van der Waals surface area (Å²) in [5, 5.41) is 1.81. The number of hydrogen-bond donors (Lipinski definition) is 0. The quantitative estimate of drug-likeness (QED) is 0.791. The number of nitrogens with zero attached hydrogens (tertiary/aromatic N) is 1. The van der Waals surface area contributed by atoms with Crippen LogP contribution in [0.2, 0.25) is 0 Å². The van der Waals surface area contributed by atoms with E-state index in [-0.39, 0.29) is 11.9 Å². The zero-order valence-electron chi connectivity index (χ0n) is 10.7. The fraction of sp³-hybridized carbons (Fsp3) is 0.538. The van der Waals surface area contributed by atoms with Gasteiger partial charge in [0.15, 0.2) is 0 Å². The van der Waals surface area contributed by atoms with Gasteiger partial charge in [0.2, 0.25) is 0 Å². The van der Waals surface area contributed by atoms with Crippen LogP contribution in [0.4, 0.5) is 0 Å². The van der Waals surface area contributed by atoms with Gasteiger partial charge in [-0.2, -0.15) is 0 Å². The molecule has 0 aromatic carbocycles. The van der Waals surface area contributed by atoms with E-state index >= 15 is 0 Å². The van der Waals surface area contributed by atoms with Gasteiger partial charge in [0.25, 0.3) is 5.91 Å². The fourth-order valence-corrected chi connectivity index (χ4v) is 3.38. The van der Waals surface area contributed by atoms with Crippen LogP contribution in [0.3, 0.4) is 0 Å². The Balaban J connectivity index is 2.15. The highest BCUT2D eigenvalue weighted by molar-refractivity contribution is 9.11. The number of carbonyl (C=O) groups excluding carboxylic acids is 2. The molecule has 1 unspecified atom stereocenters. The molecule has 0 aliphatic carbocycles. The SMILES string of the molecule is CCOC(=O)C1CCCCN1C(=O)c1csc(Br)c1. The van der Waals surface area contributed by atoms with Crippen molar-refractivity contribution in [1.82, 2.24) is 4.90 Å². The zero-order valence-corrected chi connectivity index (χ0v) is 13.1. The van der Waals surface area contributed by atoms with Crippen LogP contribution in [0.1, 0.15) is 36.5 Å². The highest BCUT2D eigenvalue weighted by atomic mass is 79.9. The Labute approximate surface area is 124 Å². The second-order valence-corrected chi connectivity index (χ2v) is 6.69. The number of thiophene rings is 1. The molecule has 1 atom stereocenters. The van der Waals surface area contributed by atoms with Crippen molar-refractivity contribution in [1.29, 1.82) is 0 Å². The number of likely N-dealkylation sites (tertiary alicyclic amines) is 1. The van der Waals surface area contributed by atoms with Crippen molar-refractivity contribution < 1.29 is 14.3 Å². The molecule has 2 heterocycles. The van der Waals surface area contributed by atoms with Crippen molar-refractivity contribution in [2.45, 2.75) is 32.2 Å². The maximum atomic E-state index is 12.4. The molecule has 19 heavy (non-hydrogen) atoms. The normalized spacial score (nSPS) is 19.3. The number of carbonyl (C=O) groups is 2. The molecule has 1 aromatic rings. The monoisotopic (exact) mass is 345 g/mol. The van der Waals surface area contributed by atoms with Gasteiger partial charge in [-0.1, -0.05) is 0 Å². The van der Waals surface area contributed by atoms with Crippen LogP contribution in [0.25, 0.3) is 0 Å². The Hall–Kier alpha value is -0.880. The summed E-state index contributed by atoms with van der Waals surface area (Å²) < 4.78 is 5.98. The van der Waals surface area contributed by atoms with Gasteiger partial charge in [-0.25, -0.2) is 4.79 Å². The molecule has 1 fully saturated rings. The van der Waals surface area contributed by atoms with Gasteiger partial charge in [0, 0.05) is 11.9 Å². The van der Waals surface area contributed by atoms with E-state index in [1.165, 1.54) is 11.3 Å². The van der Waals surface area contributed by atoms with Crippen LogP contribution >= 0.6 is 27.3 Å². The molecule has 0 N–H and O–H groups in total. The summed E-state index contributed by atoms with van der Waals surface area (Å²) in [6.07, 6.45) is 2.59.